The number of methoxy groups -OCH3 is 1. The van der Waals surface area contributed by atoms with E-state index in [1.807, 2.05) is 88.4 Å². The first-order chi connectivity index (χ1) is 24.9. The number of nitrogens with zero attached hydrogens (tertiary/aromatic N) is 2. The van der Waals surface area contributed by atoms with Crippen LogP contribution < -0.4 is 10.2 Å². The molecule has 4 heterocycles. The number of carbonyl (C=O) groups is 4. The van der Waals surface area contributed by atoms with E-state index in [0.29, 0.717) is 28.6 Å². The Balaban J connectivity index is 1.53. The van der Waals surface area contributed by atoms with Crippen LogP contribution in [0.4, 0.5) is 5.69 Å². The minimum Gasteiger partial charge on any atom is -0.455 e. The van der Waals surface area contributed by atoms with Gasteiger partial charge in [-0.25, -0.2) is 0 Å². The Morgan fingerprint density at radius 1 is 1.00 bits per heavy atom. The SMILES string of the molecule is COC[C@H]1NC(=O)CC/C=C\CN(c2c(C)cccc2C)C(=O)[C@@H]2N([C@@H](CO)CC(C)C)C(=O)[C@H]3[C@H](C(=O)O[C@@H]1c1ccccc1)[C@H]1O[C@@]23C=C1Br. The summed E-state index contributed by atoms with van der Waals surface area (Å²) in [7, 11) is 1.51. The van der Waals surface area contributed by atoms with Crippen molar-refractivity contribution in [2.75, 3.05) is 31.8 Å². The van der Waals surface area contributed by atoms with Crippen LogP contribution in [-0.2, 0) is 33.4 Å². The molecule has 3 amide bonds. The molecule has 0 aromatic heterocycles. The molecule has 1 spiro atoms. The molecule has 2 saturated heterocycles. The van der Waals surface area contributed by atoms with Gasteiger partial charge in [0.15, 0.2) is 0 Å². The molecule has 0 aliphatic carbocycles. The molecule has 2 N–H and O–H groups in total. The van der Waals surface area contributed by atoms with Gasteiger partial charge < -0.3 is 34.4 Å². The second-order valence-electron chi connectivity index (χ2n) is 14.6. The molecule has 12 heteroatoms. The van der Waals surface area contributed by atoms with E-state index >= 15 is 4.79 Å². The molecule has 4 aliphatic heterocycles. The maximum absolute atomic E-state index is 15.4. The standard InChI is InChI=1S/C40H48BrN3O8/c1-23(2)19-27(21-45)44-36-38(48)43(33-24(3)13-12-14-25(33)4)18-11-7-10-17-30(46)42-29(22-50-5)34(26-15-8-6-9-16-26)51-39(49)31-32(37(44)47)40(36)20-28(41)35(31)52-40/h6-9,11-16,20,23,27,29,31-32,34-36,45H,10,17-19,21-22H2,1-5H3,(H,42,46)/b11-7-/t27-,29-,31+,32-,34-,35+,36+,40-/m1/s1. The zero-order valence-corrected chi connectivity index (χ0v) is 31.9. The third-order valence-electron chi connectivity index (χ3n) is 10.6. The lowest BCUT2D eigenvalue weighted by molar-refractivity contribution is -0.162. The number of nitrogens with one attached hydrogen (secondary N) is 1. The Labute approximate surface area is 313 Å². The molecule has 11 nitrogen and oxygen atoms in total. The normalized spacial score (nSPS) is 30.7. The van der Waals surface area contributed by atoms with E-state index in [4.69, 9.17) is 14.2 Å². The number of likely N-dealkylation sites (tertiary alicyclic amines) is 1. The van der Waals surface area contributed by atoms with Crippen molar-refractivity contribution in [3.05, 3.63) is 87.9 Å². The summed E-state index contributed by atoms with van der Waals surface area (Å²) in [6, 6.07) is 12.2. The first-order valence-corrected chi connectivity index (χ1v) is 18.8. The predicted molar refractivity (Wildman–Crippen MR) is 198 cm³/mol. The molecule has 4 aliphatic rings. The zero-order valence-electron chi connectivity index (χ0n) is 30.3. The number of esters is 1. The summed E-state index contributed by atoms with van der Waals surface area (Å²) < 4.78 is 19.1. The summed E-state index contributed by atoms with van der Waals surface area (Å²) in [5.74, 6) is -3.95. The van der Waals surface area contributed by atoms with Crippen molar-refractivity contribution in [1.82, 2.24) is 10.2 Å². The predicted octanol–water partition coefficient (Wildman–Crippen LogP) is 4.68. The smallest absolute Gasteiger partial charge is 0.313 e. The number of hydrogen-bond acceptors (Lipinski definition) is 8. The van der Waals surface area contributed by atoms with Gasteiger partial charge in [0.05, 0.1) is 31.2 Å². The van der Waals surface area contributed by atoms with Crippen LogP contribution >= 0.6 is 15.9 Å². The van der Waals surface area contributed by atoms with Crippen LogP contribution in [0.3, 0.4) is 0 Å². The summed E-state index contributed by atoms with van der Waals surface area (Å²) in [5.41, 5.74) is 1.54. The summed E-state index contributed by atoms with van der Waals surface area (Å²) in [4.78, 5) is 61.5. The number of anilines is 1. The van der Waals surface area contributed by atoms with E-state index in [9.17, 15) is 19.5 Å². The molecule has 6 rings (SSSR count). The summed E-state index contributed by atoms with van der Waals surface area (Å²) >= 11 is 3.64. The highest BCUT2D eigenvalue weighted by Gasteiger charge is 2.75. The van der Waals surface area contributed by atoms with Gasteiger partial charge in [0.1, 0.15) is 29.8 Å². The van der Waals surface area contributed by atoms with E-state index in [2.05, 4.69) is 21.2 Å². The number of aryl methyl sites for hydroxylation is 2. The van der Waals surface area contributed by atoms with Crippen LogP contribution in [0.5, 0.6) is 0 Å². The molecule has 0 unspecified atom stereocenters. The summed E-state index contributed by atoms with van der Waals surface area (Å²) in [6.45, 7) is 7.68. The van der Waals surface area contributed by atoms with Crippen LogP contribution in [0.25, 0.3) is 0 Å². The third kappa shape index (κ3) is 6.86. The van der Waals surface area contributed by atoms with Crippen molar-refractivity contribution in [2.45, 2.75) is 82.9 Å². The maximum atomic E-state index is 15.4. The Morgan fingerprint density at radius 2 is 1.71 bits per heavy atom. The number of cyclic esters (lactones) is 1. The minimum absolute atomic E-state index is 0.0530. The minimum atomic E-state index is -1.53. The molecule has 0 saturated carbocycles. The molecule has 278 valence electrons. The fourth-order valence-corrected chi connectivity index (χ4v) is 9.23. The number of fused-ring (bicyclic) bond motifs is 2. The molecule has 2 aromatic carbocycles. The van der Waals surface area contributed by atoms with Gasteiger partial charge in [-0.1, -0.05) is 90.5 Å². The first-order valence-electron chi connectivity index (χ1n) is 18.0. The number of amides is 3. The van der Waals surface area contributed by atoms with Crippen molar-refractivity contribution in [2.24, 2.45) is 17.8 Å². The van der Waals surface area contributed by atoms with E-state index in [-0.39, 0.29) is 38.0 Å². The number of ether oxygens (including phenoxy) is 3. The molecule has 2 fully saturated rings. The number of carbonyl (C=O) groups excluding carboxylic acids is 4. The van der Waals surface area contributed by atoms with Crippen molar-refractivity contribution >= 4 is 45.3 Å². The monoisotopic (exact) mass is 777 g/mol. The zero-order chi connectivity index (χ0) is 37.3. The van der Waals surface area contributed by atoms with Gasteiger partial charge >= 0.3 is 5.97 Å². The highest BCUT2D eigenvalue weighted by atomic mass is 79.9. The van der Waals surface area contributed by atoms with Crippen LogP contribution in [0.2, 0.25) is 0 Å². The number of para-hydroxylation sites is 1. The Morgan fingerprint density at radius 3 is 2.37 bits per heavy atom. The van der Waals surface area contributed by atoms with Gasteiger partial charge in [0.25, 0.3) is 5.91 Å². The number of benzene rings is 2. The van der Waals surface area contributed by atoms with Crippen molar-refractivity contribution in [1.29, 1.82) is 0 Å². The van der Waals surface area contributed by atoms with Gasteiger partial charge in [0, 0.05) is 30.2 Å². The summed E-state index contributed by atoms with van der Waals surface area (Å²) in [5, 5.41) is 13.8. The van der Waals surface area contributed by atoms with E-state index in [1.54, 1.807) is 11.0 Å². The first kappa shape index (κ1) is 37.9. The lowest BCUT2D eigenvalue weighted by Gasteiger charge is -2.39. The molecule has 0 radical (unpaired) electrons. The van der Waals surface area contributed by atoms with E-state index in [0.717, 1.165) is 11.1 Å². The number of aliphatic hydroxyl groups excluding tert-OH is 1. The molecular formula is C40H48BrN3O8. The van der Waals surface area contributed by atoms with Crippen molar-refractivity contribution in [3.63, 3.8) is 0 Å². The maximum Gasteiger partial charge on any atom is 0.313 e. The average molecular weight is 779 g/mol. The Hall–Kier alpha value is -3.84. The van der Waals surface area contributed by atoms with E-state index < -0.39 is 65.6 Å². The largest absolute Gasteiger partial charge is 0.455 e. The van der Waals surface area contributed by atoms with Crippen LogP contribution in [-0.4, -0.2) is 90.4 Å². The molecular weight excluding hydrogens is 730 g/mol. The number of hydrogen-bond donors (Lipinski definition) is 2. The quantitative estimate of drug-likeness (QED) is 0.292. The van der Waals surface area contributed by atoms with Crippen LogP contribution in [0, 0.1) is 31.6 Å². The van der Waals surface area contributed by atoms with Gasteiger partial charge in [-0.2, -0.15) is 0 Å². The number of aliphatic hydroxyl groups is 1. The van der Waals surface area contributed by atoms with E-state index in [1.165, 1.54) is 12.0 Å². The highest BCUT2D eigenvalue weighted by Crippen LogP contribution is 2.59. The van der Waals surface area contributed by atoms with Crippen molar-refractivity contribution < 1.29 is 38.5 Å². The highest BCUT2D eigenvalue weighted by molar-refractivity contribution is 9.11. The van der Waals surface area contributed by atoms with Crippen molar-refractivity contribution in [3.8, 4) is 0 Å². The Bertz CT molecular complexity index is 1730. The number of halogens is 1. The Kier molecular flexibility index (Phi) is 11.4. The van der Waals surface area contributed by atoms with Gasteiger partial charge in [0.2, 0.25) is 11.8 Å². The topological polar surface area (TPSA) is 135 Å². The molecule has 8 atom stereocenters. The lowest BCUT2D eigenvalue weighted by Crippen LogP contribution is -2.59. The average Bonchev–Trinajstić information content (AvgIpc) is 3.71. The second-order valence-corrected chi connectivity index (χ2v) is 15.6. The molecule has 52 heavy (non-hydrogen) atoms. The van der Waals surface area contributed by atoms with Gasteiger partial charge in [-0.15, -0.1) is 0 Å². The summed E-state index contributed by atoms with van der Waals surface area (Å²) in [6.07, 6.45) is 4.61. The third-order valence-corrected chi connectivity index (χ3v) is 11.3. The van der Waals surface area contributed by atoms with Crippen LogP contribution in [0.15, 0.2) is 71.2 Å². The van der Waals surface area contributed by atoms with Gasteiger partial charge in [-0.05, 0) is 55.4 Å². The number of allylic oxidation sites excluding steroid dienone is 1. The lowest BCUT2D eigenvalue weighted by atomic mass is 9.74. The fourth-order valence-electron chi connectivity index (χ4n) is 8.49. The van der Waals surface area contributed by atoms with Crippen LogP contribution in [0.1, 0.15) is 55.9 Å². The molecule has 2 aromatic rings. The second kappa shape index (κ2) is 15.6. The number of rotatable bonds is 8. The molecule has 5 bridgehead atoms. The fraction of sp³-hybridized carbons (Fsp3) is 0.500. The van der Waals surface area contributed by atoms with Gasteiger partial charge in [-0.3, -0.25) is 19.2 Å².